The van der Waals surface area contributed by atoms with Crippen molar-refractivity contribution in [2.75, 3.05) is 0 Å². The van der Waals surface area contributed by atoms with E-state index >= 15 is 0 Å². The molecule has 33 heavy (non-hydrogen) atoms. The van der Waals surface area contributed by atoms with Crippen molar-refractivity contribution in [2.24, 2.45) is 0 Å². The fourth-order valence-corrected chi connectivity index (χ4v) is 7.62. The molecule has 6 aromatic rings. The average Bonchev–Trinajstić information content (AvgIpc) is 3.24. The summed E-state index contributed by atoms with van der Waals surface area (Å²) < 4.78 is 4.89. The molecule has 0 nitrogen and oxygen atoms in total. The molecule has 0 bridgehead atoms. The number of hydrogen-bond donors (Lipinski definition) is 0. The van der Waals surface area contributed by atoms with Crippen molar-refractivity contribution in [3.63, 3.8) is 0 Å². The van der Waals surface area contributed by atoms with Gasteiger partial charge in [0.1, 0.15) is 0 Å². The van der Waals surface area contributed by atoms with E-state index in [2.05, 4.69) is 129 Å². The van der Waals surface area contributed by atoms with E-state index in [0.717, 1.165) is 8.95 Å². The van der Waals surface area contributed by atoms with Crippen LogP contribution in [0.25, 0.3) is 64.7 Å². The van der Waals surface area contributed by atoms with Gasteiger partial charge in [0, 0.05) is 34.7 Å². The highest BCUT2D eigenvalue weighted by molar-refractivity contribution is 9.11. The molecule has 0 saturated carbocycles. The summed E-state index contributed by atoms with van der Waals surface area (Å²) in [6.07, 6.45) is 0. The first-order chi connectivity index (χ1) is 16.2. The molecule has 3 heteroatoms. The quantitative estimate of drug-likeness (QED) is 0.171. The fourth-order valence-electron chi connectivity index (χ4n) is 5.19. The molecule has 0 radical (unpaired) electrons. The molecule has 0 amide bonds. The first-order valence-electron chi connectivity index (χ1n) is 10.8. The number of hydrogen-bond acceptors (Lipinski definition) is 1. The lowest BCUT2D eigenvalue weighted by Gasteiger charge is -2.24. The molecule has 0 N–H and O–H groups in total. The summed E-state index contributed by atoms with van der Waals surface area (Å²) >= 11 is 9.59. The van der Waals surface area contributed by atoms with Gasteiger partial charge in [-0.3, -0.25) is 0 Å². The molecule has 0 aliphatic heterocycles. The van der Waals surface area contributed by atoms with Gasteiger partial charge in [-0.1, -0.05) is 105 Å². The summed E-state index contributed by atoms with van der Waals surface area (Å²) in [5.41, 5.74) is 10.2. The van der Waals surface area contributed by atoms with Crippen molar-refractivity contribution in [2.45, 2.75) is 0 Å². The van der Waals surface area contributed by atoms with Crippen LogP contribution in [0.15, 0.2) is 106 Å². The third-order valence-corrected chi connectivity index (χ3v) is 8.88. The normalized spacial score (nSPS) is 11.9. The minimum Gasteiger partial charge on any atom is -0.134 e. The third-order valence-electron chi connectivity index (χ3n) is 6.58. The second-order valence-electron chi connectivity index (χ2n) is 8.36. The molecule has 1 heterocycles. The Hall–Kier alpha value is -2.72. The van der Waals surface area contributed by atoms with Gasteiger partial charge in [0.2, 0.25) is 0 Å². The lowest BCUT2D eigenvalue weighted by molar-refractivity contribution is 1.53. The van der Waals surface area contributed by atoms with Crippen molar-refractivity contribution in [3.05, 3.63) is 106 Å². The molecule has 0 fully saturated rings. The molecule has 0 saturated heterocycles. The molecule has 0 unspecified atom stereocenters. The molecular formula is C30H16Br2S. The van der Waals surface area contributed by atoms with E-state index in [-0.39, 0.29) is 0 Å². The first-order valence-corrected chi connectivity index (χ1v) is 13.2. The molecular weight excluding hydrogens is 552 g/mol. The van der Waals surface area contributed by atoms with E-state index in [1.807, 2.05) is 11.3 Å². The Labute approximate surface area is 212 Å². The van der Waals surface area contributed by atoms with Gasteiger partial charge in [0.15, 0.2) is 0 Å². The highest BCUT2D eigenvalue weighted by atomic mass is 79.9. The Bertz CT molecular complexity index is 1740. The highest BCUT2D eigenvalue weighted by Crippen LogP contribution is 2.54. The van der Waals surface area contributed by atoms with Gasteiger partial charge in [-0.2, -0.15) is 0 Å². The van der Waals surface area contributed by atoms with Crippen LogP contribution >= 0.6 is 43.2 Å². The Morgan fingerprint density at radius 1 is 0.515 bits per heavy atom. The molecule has 0 atom stereocenters. The number of halogens is 2. The molecule has 1 aromatic heterocycles. The smallest absolute Gasteiger partial charge is 0.0451 e. The van der Waals surface area contributed by atoms with E-state index in [9.17, 15) is 0 Å². The van der Waals surface area contributed by atoms with Crippen molar-refractivity contribution in [1.29, 1.82) is 0 Å². The molecule has 5 aromatic carbocycles. The number of benzene rings is 5. The van der Waals surface area contributed by atoms with E-state index in [4.69, 9.17) is 0 Å². The Kier molecular flexibility index (Phi) is 4.42. The minimum atomic E-state index is 1.09. The number of thiophene rings is 1. The predicted octanol–water partition coefficient (Wildman–Crippen LogP) is 10.6. The second kappa shape index (κ2) is 7.39. The van der Waals surface area contributed by atoms with Crippen LogP contribution in [0.5, 0.6) is 0 Å². The van der Waals surface area contributed by atoms with E-state index in [1.165, 1.54) is 64.7 Å². The van der Waals surface area contributed by atoms with Gasteiger partial charge in [-0.05, 0) is 63.2 Å². The first kappa shape index (κ1) is 19.7. The zero-order valence-electron chi connectivity index (χ0n) is 17.4. The van der Waals surface area contributed by atoms with Gasteiger partial charge in [-0.15, -0.1) is 11.3 Å². The van der Waals surface area contributed by atoms with Crippen LogP contribution in [-0.2, 0) is 0 Å². The van der Waals surface area contributed by atoms with E-state index < -0.39 is 0 Å². The zero-order chi connectivity index (χ0) is 22.1. The van der Waals surface area contributed by atoms with Crippen molar-refractivity contribution in [1.82, 2.24) is 0 Å². The summed E-state index contributed by atoms with van der Waals surface area (Å²) in [5, 5.41) is 2.61. The van der Waals surface area contributed by atoms with Crippen LogP contribution in [0.4, 0.5) is 0 Å². The van der Waals surface area contributed by atoms with Crippen LogP contribution in [-0.4, -0.2) is 0 Å². The Morgan fingerprint density at radius 2 is 1.12 bits per heavy atom. The van der Waals surface area contributed by atoms with Crippen LogP contribution in [0.3, 0.4) is 0 Å². The summed E-state index contributed by atoms with van der Waals surface area (Å²) in [6.45, 7) is 0. The SMILES string of the molecule is Brc1ccc2c(c1)-c1ccccc1-c1ccccc1-c1cc(Br)c3c(sc4ccccc43)c1-2. The summed E-state index contributed by atoms with van der Waals surface area (Å²) in [4.78, 5) is 0. The zero-order valence-corrected chi connectivity index (χ0v) is 21.4. The number of rotatable bonds is 0. The maximum Gasteiger partial charge on any atom is 0.0451 e. The topological polar surface area (TPSA) is 0 Å². The van der Waals surface area contributed by atoms with Gasteiger partial charge in [0.05, 0.1) is 0 Å². The molecule has 1 aliphatic carbocycles. The number of fused-ring (bicyclic) bond motifs is 12. The standard InChI is InChI=1S/C30H16Br2S/c31-17-13-14-22-24(15-17)20-9-3-1-7-18(20)19-8-2-4-10-21(19)25-16-26(32)29-23-11-5-6-12-27(23)33-30(29)28(22)25/h1-16H. The largest absolute Gasteiger partial charge is 0.134 e. The van der Waals surface area contributed by atoms with Gasteiger partial charge in [0.25, 0.3) is 0 Å². The monoisotopic (exact) mass is 566 g/mol. The van der Waals surface area contributed by atoms with Crippen molar-refractivity contribution >= 4 is 63.4 Å². The Morgan fingerprint density at radius 3 is 1.85 bits per heavy atom. The van der Waals surface area contributed by atoms with Crippen molar-refractivity contribution in [3.8, 4) is 44.5 Å². The average molecular weight is 568 g/mol. The second-order valence-corrected chi connectivity index (χ2v) is 11.2. The highest BCUT2D eigenvalue weighted by Gasteiger charge is 2.25. The van der Waals surface area contributed by atoms with Gasteiger partial charge in [-0.25, -0.2) is 0 Å². The molecule has 7 rings (SSSR count). The molecule has 1 aliphatic rings. The van der Waals surface area contributed by atoms with Crippen LogP contribution in [0.1, 0.15) is 0 Å². The fraction of sp³-hybridized carbons (Fsp3) is 0. The third kappa shape index (κ3) is 2.86. The maximum atomic E-state index is 3.96. The lowest BCUT2D eigenvalue weighted by Crippen LogP contribution is -1.97. The van der Waals surface area contributed by atoms with Crippen LogP contribution in [0.2, 0.25) is 0 Å². The Balaban J connectivity index is 1.76. The van der Waals surface area contributed by atoms with Crippen LogP contribution in [0, 0.1) is 0 Å². The molecule has 156 valence electrons. The maximum absolute atomic E-state index is 3.96. The minimum absolute atomic E-state index is 1.09. The van der Waals surface area contributed by atoms with Crippen LogP contribution < -0.4 is 0 Å². The predicted molar refractivity (Wildman–Crippen MR) is 150 cm³/mol. The summed E-state index contributed by atoms with van der Waals surface area (Å²) in [5.74, 6) is 0. The van der Waals surface area contributed by atoms with E-state index in [0.29, 0.717) is 0 Å². The summed E-state index contributed by atoms with van der Waals surface area (Å²) in [6, 6.07) is 35.4. The van der Waals surface area contributed by atoms with Gasteiger partial charge >= 0.3 is 0 Å². The van der Waals surface area contributed by atoms with Crippen molar-refractivity contribution < 1.29 is 0 Å². The van der Waals surface area contributed by atoms with E-state index in [1.54, 1.807) is 0 Å². The lowest BCUT2D eigenvalue weighted by atomic mass is 9.80. The molecule has 0 spiro atoms. The van der Waals surface area contributed by atoms with Gasteiger partial charge < -0.3 is 0 Å². The summed E-state index contributed by atoms with van der Waals surface area (Å²) in [7, 11) is 0.